The van der Waals surface area contributed by atoms with Gasteiger partial charge in [-0.3, -0.25) is 0 Å². The van der Waals surface area contributed by atoms with Crippen molar-refractivity contribution >= 4 is 0 Å². The van der Waals surface area contributed by atoms with E-state index < -0.39 is 0 Å². The second-order valence-corrected chi connectivity index (χ2v) is 2.70. The zero-order valence-electron chi connectivity index (χ0n) is 7.82. The molecule has 0 spiro atoms. The first-order chi connectivity index (χ1) is 6.36. The van der Waals surface area contributed by atoms with Crippen LogP contribution >= 0.6 is 0 Å². The summed E-state index contributed by atoms with van der Waals surface area (Å²) >= 11 is 0. The van der Waals surface area contributed by atoms with Gasteiger partial charge in [0, 0.05) is 19.6 Å². The molecular weight excluding hydrogens is 170 g/mol. The lowest BCUT2D eigenvalue weighted by Crippen LogP contribution is -2.03. The minimum absolute atomic E-state index is 0.419. The van der Waals surface area contributed by atoms with Gasteiger partial charge in [-0.2, -0.15) is 4.98 Å². The quantitative estimate of drug-likeness (QED) is 0.653. The predicted molar refractivity (Wildman–Crippen MR) is 47.0 cm³/mol. The topological polar surface area (TPSA) is 74.2 Å². The van der Waals surface area contributed by atoms with Gasteiger partial charge in [0.05, 0.1) is 0 Å². The molecule has 2 N–H and O–H groups in total. The standard InChI is InChI=1S/C8H15N3O2/c1-2-5-12-6-7-10-8(3-4-9)13-11-7/h2-6,9H2,1H3. The van der Waals surface area contributed by atoms with Crippen LogP contribution in [0, 0.1) is 0 Å². The van der Waals surface area contributed by atoms with Crippen molar-refractivity contribution in [1.29, 1.82) is 0 Å². The summed E-state index contributed by atoms with van der Waals surface area (Å²) in [5.74, 6) is 1.18. The van der Waals surface area contributed by atoms with Crippen molar-refractivity contribution in [3.63, 3.8) is 0 Å². The fraction of sp³-hybridized carbons (Fsp3) is 0.750. The molecule has 1 rings (SSSR count). The van der Waals surface area contributed by atoms with Gasteiger partial charge in [0.15, 0.2) is 5.82 Å². The van der Waals surface area contributed by atoms with Crippen molar-refractivity contribution in [2.45, 2.75) is 26.4 Å². The van der Waals surface area contributed by atoms with Gasteiger partial charge in [0.1, 0.15) is 6.61 Å². The molecule has 13 heavy (non-hydrogen) atoms. The summed E-state index contributed by atoms with van der Waals surface area (Å²) in [6, 6.07) is 0. The molecule has 0 aliphatic carbocycles. The third kappa shape index (κ3) is 3.52. The molecule has 0 radical (unpaired) electrons. The second-order valence-electron chi connectivity index (χ2n) is 2.70. The summed E-state index contributed by atoms with van der Waals surface area (Å²) in [7, 11) is 0. The van der Waals surface area contributed by atoms with Crippen LogP contribution in [0.1, 0.15) is 25.1 Å². The first-order valence-corrected chi connectivity index (χ1v) is 4.46. The van der Waals surface area contributed by atoms with E-state index in [4.69, 9.17) is 15.0 Å². The lowest BCUT2D eigenvalue weighted by Gasteiger charge is -1.95. The van der Waals surface area contributed by atoms with Gasteiger partial charge in [0.2, 0.25) is 5.89 Å². The Morgan fingerprint density at radius 3 is 3.08 bits per heavy atom. The van der Waals surface area contributed by atoms with Crippen LogP contribution in [0.2, 0.25) is 0 Å². The number of ether oxygens (including phenoxy) is 1. The second kappa shape index (κ2) is 5.66. The SMILES string of the molecule is CCCOCc1noc(CCN)n1. The molecule has 0 aliphatic rings. The molecule has 74 valence electrons. The van der Waals surface area contributed by atoms with Crippen LogP contribution < -0.4 is 5.73 Å². The van der Waals surface area contributed by atoms with Crippen LogP contribution in [0.3, 0.4) is 0 Å². The Balaban J connectivity index is 2.31. The Labute approximate surface area is 77.3 Å². The minimum Gasteiger partial charge on any atom is -0.373 e. The van der Waals surface area contributed by atoms with Gasteiger partial charge < -0.3 is 15.0 Å². The summed E-state index contributed by atoms with van der Waals surface area (Å²) in [5, 5.41) is 3.74. The van der Waals surface area contributed by atoms with Crippen LogP contribution in [0.25, 0.3) is 0 Å². The average molecular weight is 185 g/mol. The van der Waals surface area contributed by atoms with E-state index >= 15 is 0 Å². The lowest BCUT2D eigenvalue weighted by atomic mass is 10.4. The summed E-state index contributed by atoms with van der Waals surface area (Å²) < 4.78 is 10.2. The first kappa shape index (κ1) is 10.1. The zero-order valence-corrected chi connectivity index (χ0v) is 7.82. The Bertz CT molecular complexity index is 237. The van der Waals surface area contributed by atoms with E-state index in [1.165, 1.54) is 0 Å². The molecular formula is C8H15N3O2. The highest BCUT2D eigenvalue weighted by Crippen LogP contribution is 1.99. The van der Waals surface area contributed by atoms with E-state index in [1.54, 1.807) is 0 Å². The summed E-state index contributed by atoms with van der Waals surface area (Å²) in [6.45, 7) is 3.72. The number of hydrogen-bond acceptors (Lipinski definition) is 5. The number of nitrogens with zero attached hydrogens (tertiary/aromatic N) is 2. The minimum atomic E-state index is 0.419. The van der Waals surface area contributed by atoms with Crippen LogP contribution in [0.5, 0.6) is 0 Å². The van der Waals surface area contributed by atoms with E-state index in [9.17, 15) is 0 Å². The van der Waals surface area contributed by atoms with E-state index in [0.717, 1.165) is 13.0 Å². The van der Waals surface area contributed by atoms with Crippen LogP contribution in [0.4, 0.5) is 0 Å². The Morgan fingerprint density at radius 2 is 2.38 bits per heavy atom. The van der Waals surface area contributed by atoms with Gasteiger partial charge in [-0.25, -0.2) is 0 Å². The Morgan fingerprint density at radius 1 is 1.54 bits per heavy atom. The largest absolute Gasteiger partial charge is 0.373 e. The maximum atomic E-state index is 5.33. The van der Waals surface area contributed by atoms with Gasteiger partial charge >= 0.3 is 0 Å². The molecule has 0 aliphatic heterocycles. The van der Waals surface area contributed by atoms with E-state index in [2.05, 4.69) is 17.1 Å². The monoisotopic (exact) mass is 185 g/mol. The number of aromatic nitrogens is 2. The summed E-state index contributed by atoms with van der Waals surface area (Å²) in [6.07, 6.45) is 1.62. The van der Waals surface area contributed by atoms with Gasteiger partial charge in [-0.05, 0) is 6.42 Å². The van der Waals surface area contributed by atoms with Crippen molar-refractivity contribution in [2.75, 3.05) is 13.2 Å². The number of rotatable bonds is 6. The van der Waals surface area contributed by atoms with Crippen LogP contribution in [-0.4, -0.2) is 23.3 Å². The van der Waals surface area contributed by atoms with Crippen LogP contribution in [0.15, 0.2) is 4.52 Å². The molecule has 5 nitrogen and oxygen atoms in total. The van der Waals surface area contributed by atoms with E-state index in [-0.39, 0.29) is 0 Å². The Hall–Kier alpha value is -0.940. The molecule has 1 aromatic heterocycles. The van der Waals surface area contributed by atoms with Crippen molar-refractivity contribution in [3.05, 3.63) is 11.7 Å². The molecule has 1 heterocycles. The number of nitrogens with two attached hydrogens (primary N) is 1. The maximum Gasteiger partial charge on any atom is 0.228 e. The summed E-state index contributed by atoms with van der Waals surface area (Å²) in [5.41, 5.74) is 5.33. The first-order valence-electron chi connectivity index (χ1n) is 4.46. The van der Waals surface area contributed by atoms with Gasteiger partial charge in [-0.1, -0.05) is 12.1 Å². The molecule has 0 atom stereocenters. The van der Waals surface area contributed by atoms with Crippen molar-refractivity contribution in [3.8, 4) is 0 Å². The molecule has 1 aromatic rings. The van der Waals surface area contributed by atoms with Crippen molar-refractivity contribution in [2.24, 2.45) is 5.73 Å². The molecule has 0 amide bonds. The van der Waals surface area contributed by atoms with E-state index in [1.807, 2.05) is 0 Å². The van der Waals surface area contributed by atoms with Gasteiger partial charge in [-0.15, -0.1) is 0 Å². The summed E-state index contributed by atoms with van der Waals surface area (Å²) in [4.78, 5) is 4.09. The predicted octanol–water partition coefficient (Wildman–Crippen LogP) is 0.497. The molecule has 0 fully saturated rings. The number of hydrogen-bond donors (Lipinski definition) is 1. The highest BCUT2D eigenvalue weighted by molar-refractivity contribution is 4.84. The highest BCUT2D eigenvalue weighted by atomic mass is 16.5. The third-order valence-electron chi connectivity index (χ3n) is 1.45. The molecule has 0 aromatic carbocycles. The average Bonchev–Trinajstić information content (AvgIpc) is 2.54. The maximum absolute atomic E-state index is 5.33. The van der Waals surface area contributed by atoms with Crippen molar-refractivity contribution < 1.29 is 9.26 Å². The van der Waals surface area contributed by atoms with Gasteiger partial charge in [0.25, 0.3) is 0 Å². The molecule has 0 saturated carbocycles. The third-order valence-corrected chi connectivity index (χ3v) is 1.45. The zero-order chi connectivity index (χ0) is 9.52. The fourth-order valence-corrected chi connectivity index (χ4v) is 0.882. The molecule has 5 heteroatoms. The fourth-order valence-electron chi connectivity index (χ4n) is 0.882. The highest BCUT2D eigenvalue weighted by Gasteiger charge is 2.04. The Kier molecular flexibility index (Phi) is 4.42. The van der Waals surface area contributed by atoms with E-state index in [0.29, 0.717) is 31.3 Å². The lowest BCUT2D eigenvalue weighted by molar-refractivity contribution is 0.114. The molecule has 0 bridgehead atoms. The van der Waals surface area contributed by atoms with Crippen molar-refractivity contribution in [1.82, 2.24) is 10.1 Å². The van der Waals surface area contributed by atoms with Crippen LogP contribution in [-0.2, 0) is 17.8 Å². The normalized spacial score (nSPS) is 10.6. The smallest absolute Gasteiger partial charge is 0.228 e. The molecule has 0 saturated heterocycles. The molecule has 0 unspecified atom stereocenters.